The first-order valence-electron chi connectivity index (χ1n) is 6.79. The number of carbonyl (C=O) groups is 1. The highest BCUT2D eigenvalue weighted by Crippen LogP contribution is 2.22. The molecule has 1 unspecified atom stereocenters. The van der Waals surface area contributed by atoms with Crippen LogP contribution in [0.2, 0.25) is 0 Å². The predicted octanol–water partition coefficient (Wildman–Crippen LogP) is 2.35. The monoisotopic (exact) mass is 285 g/mol. The number of rotatable bonds is 5. The van der Waals surface area contributed by atoms with Crippen LogP contribution < -0.4 is 10.1 Å². The van der Waals surface area contributed by atoms with E-state index in [9.17, 15) is 9.90 Å². The van der Waals surface area contributed by atoms with Crippen molar-refractivity contribution in [3.05, 3.63) is 65.2 Å². The van der Waals surface area contributed by atoms with Crippen molar-refractivity contribution in [3.63, 3.8) is 0 Å². The lowest BCUT2D eigenvalue weighted by atomic mass is 10.0. The van der Waals surface area contributed by atoms with E-state index in [0.717, 1.165) is 16.9 Å². The number of amides is 1. The van der Waals surface area contributed by atoms with E-state index in [1.807, 2.05) is 43.3 Å². The van der Waals surface area contributed by atoms with Crippen molar-refractivity contribution in [2.45, 2.75) is 19.6 Å². The van der Waals surface area contributed by atoms with Gasteiger partial charge < -0.3 is 15.2 Å². The maximum Gasteiger partial charge on any atom is 0.253 e. The smallest absolute Gasteiger partial charge is 0.253 e. The summed E-state index contributed by atoms with van der Waals surface area (Å²) in [4.78, 5) is 11.6. The second-order valence-corrected chi connectivity index (χ2v) is 4.77. The van der Waals surface area contributed by atoms with Crippen LogP contribution in [0.4, 0.5) is 0 Å². The van der Waals surface area contributed by atoms with Gasteiger partial charge in [0.2, 0.25) is 0 Å². The minimum Gasteiger partial charge on any atom is -0.489 e. The topological polar surface area (TPSA) is 58.6 Å². The molecule has 21 heavy (non-hydrogen) atoms. The first-order valence-corrected chi connectivity index (χ1v) is 6.79. The van der Waals surface area contributed by atoms with Gasteiger partial charge in [-0.2, -0.15) is 0 Å². The van der Waals surface area contributed by atoms with E-state index in [1.165, 1.54) is 7.05 Å². The minimum atomic E-state index is -1.19. The Morgan fingerprint density at radius 2 is 1.86 bits per heavy atom. The number of hydrogen-bond acceptors (Lipinski definition) is 3. The lowest BCUT2D eigenvalue weighted by molar-refractivity contribution is -0.129. The molecule has 0 bridgehead atoms. The molecule has 1 amide bonds. The molecule has 0 aliphatic rings. The maximum absolute atomic E-state index is 11.6. The summed E-state index contributed by atoms with van der Waals surface area (Å²) in [6.07, 6.45) is -1.19. The van der Waals surface area contributed by atoms with Gasteiger partial charge in [0.1, 0.15) is 12.4 Å². The van der Waals surface area contributed by atoms with Crippen molar-refractivity contribution in [2.24, 2.45) is 0 Å². The fourth-order valence-corrected chi connectivity index (χ4v) is 2.08. The molecule has 0 saturated heterocycles. The minimum absolute atomic E-state index is 0.301. The molecule has 1 atom stereocenters. The van der Waals surface area contributed by atoms with E-state index in [0.29, 0.717) is 12.2 Å². The average molecular weight is 285 g/mol. The van der Waals surface area contributed by atoms with Crippen LogP contribution in [0, 0.1) is 6.92 Å². The third-order valence-corrected chi connectivity index (χ3v) is 3.32. The summed E-state index contributed by atoms with van der Waals surface area (Å²) in [6.45, 7) is 2.27. The Kier molecular flexibility index (Phi) is 4.95. The molecule has 0 spiro atoms. The molecule has 0 heterocycles. The molecule has 0 aromatic heterocycles. The highest BCUT2D eigenvalue weighted by Gasteiger charge is 2.19. The number of aliphatic hydroxyl groups is 1. The standard InChI is InChI=1S/C17H19NO3/c1-12-7-3-6-10-15(12)21-11-13-8-4-5-9-14(13)16(19)17(20)18-2/h3-10,16,19H,11H2,1-2H3,(H,18,20). The Bertz CT molecular complexity index is 625. The molecule has 4 heteroatoms. The predicted molar refractivity (Wildman–Crippen MR) is 81.0 cm³/mol. The molecule has 0 radical (unpaired) electrons. The summed E-state index contributed by atoms with van der Waals surface area (Å²) in [7, 11) is 1.50. The Labute approximate surface area is 124 Å². The quantitative estimate of drug-likeness (QED) is 0.886. The summed E-state index contributed by atoms with van der Waals surface area (Å²) >= 11 is 0. The van der Waals surface area contributed by atoms with Gasteiger partial charge >= 0.3 is 0 Å². The fourth-order valence-electron chi connectivity index (χ4n) is 2.08. The van der Waals surface area contributed by atoms with Crippen molar-refractivity contribution in [2.75, 3.05) is 7.05 Å². The Balaban J connectivity index is 2.17. The zero-order valence-electron chi connectivity index (χ0n) is 12.2. The SMILES string of the molecule is CNC(=O)C(O)c1ccccc1COc1ccccc1C. The summed E-state index contributed by atoms with van der Waals surface area (Å²) in [5, 5.41) is 12.5. The molecular weight excluding hydrogens is 266 g/mol. The number of carbonyl (C=O) groups excluding carboxylic acids is 1. The van der Waals surface area contributed by atoms with Gasteiger partial charge in [0.25, 0.3) is 5.91 Å². The van der Waals surface area contributed by atoms with E-state index >= 15 is 0 Å². The number of likely N-dealkylation sites (N-methyl/N-ethyl adjacent to an activating group) is 1. The third-order valence-electron chi connectivity index (χ3n) is 3.32. The van der Waals surface area contributed by atoms with Gasteiger partial charge in [-0.1, -0.05) is 42.5 Å². The second kappa shape index (κ2) is 6.90. The van der Waals surface area contributed by atoms with Crippen LogP contribution in [0.25, 0.3) is 0 Å². The first kappa shape index (κ1) is 15.1. The Morgan fingerprint density at radius 1 is 1.19 bits per heavy atom. The van der Waals surface area contributed by atoms with Gasteiger partial charge in [0.05, 0.1) is 0 Å². The van der Waals surface area contributed by atoms with Crippen LogP contribution in [0.15, 0.2) is 48.5 Å². The molecule has 4 nitrogen and oxygen atoms in total. The average Bonchev–Trinajstić information content (AvgIpc) is 2.53. The fraction of sp³-hybridized carbons (Fsp3) is 0.235. The van der Waals surface area contributed by atoms with Crippen LogP contribution in [0.3, 0.4) is 0 Å². The van der Waals surface area contributed by atoms with Gasteiger partial charge in [-0.3, -0.25) is 4.79 Å². The Hall–Kier alpha value is -2.33. The van der Waals surface area contributed by atoms with E-state index in [4.69, 9.17) is 4.74 Å². The van der Waals surface area contributed by atoms with Crippen LogP contribution in [-0.2, 0) is 11.4 Å². The van der Waals surface area contributed by atoms with Gasteiger partial charge in [0, 0.05) is 7.05 Å². The molecule has 2 rings (SSSR count). The van der Waals surface area contributed by atoms with Gasteiger partial charge in [-0.25, -0.2) is 0 Å². The molecule has 2 aromatic rings. The number of ether oxygens (including phenoxy) is 1. The van der Waals surface area contributed by atoms with Crippen molar-refractivity contribution in [3.8, 4) is 5.75 Å². The van der Waals surface area contributed by atoms with E-state index in [-0.39, 0.29) is 0 Å². The van der Waals surface area contributed by atoms with Crippen LogP contribution in [0.5, 0.6) is 5.75 Å². The second-order valence-electron chi connectivity index (χ2n) is 4.77. The highest BCUT2D eigenvalue weighted by molar-refractivity contribution is 5.82. The van der Waals surface area contributed by atoms with E-state index < -0.39 is 12.0 Å². The van der Waals surface area contributed by atoms with Crippen LogP contribution in [-0.4, -0.2) is 18.1 Å². The number of aryl methyl sites for hydroxylation is 1. The molecular formula is C17H19NO3. The Morgan fingerprint density at radius 3 is 2.57 bits per heavy atom. The number of para-hydroxylation sites is 1. The number of hydrogen-bond donors (Lipinski definition) is 2. The van der Waals surface area contributed by atoms with Gasteiger partial charge in [0.15, 0.2) is 6.10 Å². The summed E-state index contributed by atoms with van der Waals surface area (Å²) in [6, 6.07) is 15.0. The van der Waals surface area contributed by atoms with Crippen LogP contribution >= 0.6 is 0 Å². The van der Waals surface area contributed by atoms with Gasteiger partial charge in [-0.05, 0) is 29.7 Å². The molecule has 0 aliphatic carbocycles. The van der Waals surface area contributed by atoms with Crippen molar-refractivity contribution in [1.82, 2.24) is 5.32 Å². The zero-order valence-corrected chi connectivity index (χ0v) is 12.2. The number of benzene rings is 2. The number of aliphatic hydroxyl groups excluding tert-OH is 1. The van der Waals surface area contributed by atoms with E-state index in [1.54, 1.807) is 12.1 Å². The summed E-state index contributed by atoms with van der Waals surface area (Å²) in [5.74, 6) is 0.361. The maximum atomic E-state index is 11.6. The molecule has 2 aromatic carbocycles. The lowest BCUT2D eigenvalue weighted by Gasteiger charge is -2.15. The lowest BCUT2D eigenvalue weighted by Crippen LogP contribution is -2.26. The van der Waals surface area contributed by atoms with Crippen molar-refractivity contribution in [1.29, 1.82) is 0 Å². The molecule has 0 saturated carbocycles. The van der Waals surface area contributed by atoms with E-state index in [2.05, 4.69) is 5.32 Å². The normalized spacial score (nSPS) is 11.8. The highest BCUT2D eigenvalue weighted by atomic mass is 16.5. The third kappa shape index (κ3) is 3.61. The summed E-state index contributed by atoms with van der Waals surface area (Å²) < 4.78 is 5.78. The largest absolute Gasteiger partial charge is 0.489 e. The van der Waals surface area contributed by atoms with Crippen molar-refractivity contribution < 1.29 is 14.6 Å². The molecule has 0 aliphatic heterocycles. The summed E-state index contributed by atoms with van der Waals surface area (Å²) in [5.41, 5.74) is 2.39. The first-order chi connectivity index (χ1) is 10.1. The van der Waals surface area contributed by atoms with Crippen molar-refractivity contribution >= 4 is 5.91 Å². The molecule has 2 N–H and O–H groups in total. The molecule has 0 fully saturated rings. The zero-order chi connectivity index (χ0) is 15.2. The van der Waals surface area contributed by atoms with Gasteiger partial charge in [-0.15, -0.1) is 0 Å². The molecule has 110 valence electrons. The number of nitrogens with one attached hydrogen (secondary N) is 1. The van der Waals surface area contributed by atoms with Crippen LogP contribution in [0.1, 0.15) is 22.8 Å².